The van der Waals surface area contributed by atoms with Gasteiger partial charge < -0.3 is 20.7 Å². The van der Waals surface area contributed by atoms with E-state index in [4.69, 9.17) is 15.6 Å². The Bertz CT molecular complexity index is 833. The number of carboxylic acid groups (broad SMARTS) is 2. The predicted octanol–water partition coefficient (Wildman–Crippen LogP) is 2.74. The number of hydrogen-bond acceptors (Lipinski definition) is 6. The van der Waals surface area contributed by atoms with E-state index in [9.17, 15) is 19.5 Å². The molecule has 0 aliphatic carbocycles. The van der Waals surface area contributed by atoms with Crippen LogP contribution in [0.2, 0.25) is 0 Å². The van der Waals surface area contributed by atoms with Gasteiger partial charge >= 0.3 is 17.9 Å². The Morgan fingerprint density at radius 1 is 1.00 bits per heavy atom. The van der Waals surface area contributed by atoms with Crippen molar-refractivity contribution in [2.24, 2.45) is 0 Å². The minimum Gasteiger partial charge on any atom is -0.478 e. The SMILES string of the molecule is CC(=O)Oc1ccc(Sc2cc(C(=O)O)ccc2C(=O)O)c(N)c1. The minimum absolute atomic E-state index is 0.0300. The molecule has 7 nitrogen and oxygen atoms in total. The number of esters is 1. The smallest absolute Gasteiger partial charge is 0.336 e. The van der Waals surface area contributed by atoms with Crippen molar-refractivity contribution >= 4 is 35.4 Å². The van der Waals surface area contributed by atoms with Crippen LogP contribution in [0, 0.1) is 0 Å². The highest BCUT2D eigenvalue weighted by Crippen LogP contribution is 2.36. The molecule has 4 N–H and O–H groups in total. The first kappa shape index (κ1) is 17.4. The van der Waals surface area contributed by atoms with E-state index in [-0.39, 0.29) is 27.5 Å². The third kappa shape index (κ3) is 4.05. The first-order valence-corrected chi connectivity index (χ1v) is 7.46. The summed E-state index contributed by atoms with van der Waals surface area (Å²) in [6.07, 6.45) is 0. The molecule has 0 saturated carbocycles. The number of benzene rings is 2. The number of nitrogens with two attached hydrogens (primary N) is 1. The Labute approximate surface area is 141 Å². The van der Waals surface area contributed by atoms with Crippen molar-refractivity contribution in [2.75, 3.05) is 5.73 Å². The third-order valence-electron chi connectivity index (χ3n) is 2.92. The van der Waals surface area contributed by atoms with Crippen molar-refractivity contribution in [3.8, 4) is 5.75 Å². The summed E-state index contributed by atoms with van der Waals surface area (Å²) in [6.45, 7) is 1.26. The average Bonchev–Trinajstić information content (AvgIpc) is 2.49. The van der Waals surface area contributed by atoms with Crippen LogP contribution >= 0.6 is 11.8 Å². The highest BCUT2D eigenvalue weighted by molar-refractivity contribution is 7.99. The van der Waals surface area contributed by atoms with E-state index in [0.717, 1.165) is 11.8 Å². The Balaban J connectivity index is 2.39. The van der Waals surface area contributed by atoms with Crippen LogP contribution < -0.4 is 10.5 Å². The Kier molecular flexibility index (Phi) is 5.10. The molecule has 24 heavy (non-hydrogen) atoms. The molecule has 124 valence electrons. The minimum atomic E-state index is -1.18. The molecular weight excluding hydrogens is 334 g/mol. The summed E-state index contributed by atoms with van der Waals surface area (Å²) in [5, 5.41) is 18.3. The summed E-state index contributed by atoms with van der Waals surface area (Å²) in [5.74, 6) is -2.56. The van der Waals surface area contributed by atoms with Crippen LogP contribution in [0.3, 0.4) is 0 Å². The van der Waals surface area contributed by atoms with E-state index in [1.54, 1.807) is 6.07 Å². The summed E-state index contributed by atoms with van der Waals surface area (Å²) in [6, 6.07) is 8.25. The number of hydrogen-bond donors (Lipinski definition) is 3. The quantitative estimate of drug-likeness (QED) is 0.428. The number of aromatic carboxylic acids is 2. The molecule has 0 unspecified atom stereocenters. The van der Waals surface area contributed by atoms with E-state index >= 15 is 0 Å². The van der Waals surface area contributed by atoms with Crippen LogP contribution in [0.5, 0.6) is 5.75 Å². The van der Waals surface area contributed by atoms with Crippen LogP contribution in [0.25, 0.3) is 0 Å². The van der Waals surface area contributed by atoms with Crippen molar-refractivity contribution < 1.29 is 29.3 Å². The molecule has 0 heterocycles. The second kappa shape index (κ2) is 7.05. The lowest BCUT2D eigenvalue weighted by Crippen LogP contribution is -2.03. The number of nitrogen functional groups attached to an aromatic ring is 1. The van der Waals surface area contributed by atoms with Crippen LogP contribution in [-0.4, -0.2) is 28.1 Å². The normalized spacial score (nSPS) is 10.2. The summed E-state index contributed by atoms with van der Waals surface area (Å²) >= 11 is 1.02. The number of carbonyl (C=O) groups excluding carboxylic acids is 1. The number of carboxylic acids is 2. The second-order valence-electron chi connectivity index (χ2n) is 4.72. The Hall–Kier alpha value is -3.00. The zero-order valence-corrected chi connectivity index (χ0v) is 13.3. The van der Waals surface area contributed by atoms with E-state index in [0.29, 0.717) is 4.90 Å². The highest BCUT2D eigenvalue weighted by atomic mass is 32.2. The standard InChI is InChI=1S/C16H13NO6S/c1-8(18)23-10-3-5-13(12(17)7-10)24-14-6-9(15(19)20)2-4-11(14)16(21)22/h2-7H,17H2,1H3,(H,19,20)(H,21,22). The molecule has 2 aromatic rings. The molecule has 0 aliphatic heterocycles. The topological polar surface area (TPSA) is 127 Å². The van der Waals surface area contributed by atoms with Gasteiger partial charge in [0.15, 0.2) is 0 Å². The van der Waals surface area contributed by atoms with E-state index < -0.39 is 17.9 Å². The third-order valence-corrected chi connectivity index (χ3v) is 4.07. The van der Waals surface area contributed by atoms with Gasteiger partial charge in [-0.3, -0.25) is 4.79 Å². The lowest BCUT2D eigenvalue weighted by molar-refractivity contribution is -0.131. The van der Waals surface area contributed by atoms with Gasteiger partial charge in [0.1, 0.15) is 5.75 Å². The predicted molar refractivity (Wildman–Crippen MR) is 86.6 cm³/mol. The Morgan fingerprint density at radius 3 is 2.25 bits per heavy atom. The summed E-state index contributed by atoms with van der Waals surface area (Å²) in [5.41, 5.74) is 6.10. The number of carbonyl (C=O) groups is 3. The number of anilines is 1. The average molecular weight is 347 g/mol. The van der Waals surface area contributed by atoms with Crippen molar-refractivity contribution in [2.45, 2.75) is 16.7 Å². The fraction of sp³-hybridized carbons (Fsp3) is 0.0625. The van der Waals surface area contributed by atoms with Gasteiger partial charge in [0, 0.05) is 28.5 Å². The molecule has 0 aliphatic rings. The van der Waals surface area contributed by atoms with E-state index in [1.807, 2.05) is 0 Å². The summed E-state index contributed by atoms with van der Waals surface area (Å²) < 4.78 is 4.91. The second-order valence-corrected chi connectivity index (χ2v) is 5.80. The molecule has 0 aromatic heterocycles. The molecule has 0 spiro atoms. The van der Waals surface area contributed by atoms with Crippen LogP contribution in [0.4, 0.5) is 5.69 Å². The number of rotatable bonds is 5. The van der Waals surface area contributed by atoms with Crippen LogP contribution in [0.15, 0.2) is 46.2 Å². The maximum atomic E-state index is 11.3. The van der Waals surface area contributed by atoms with Crippen LogP contribution in [0.1, 0.15) is 27.6 Å². The molecule has 2 aromatic carbocycles. The van der Waals surface area contributed by atoms with Gasteiger partial charge in [-0.2, -0.15) is 0 Å². The van der Waals surface area contributed by atoms with Crippen molar-refractivity contribution in [3.63, 3.8) is 0 Å². The molecule has 0 fully saturated rings. The monoisotopic (exact) mass is 347 g/mol. The first-order chi connectivity index (χ1) is 11.3. The lowest BCUT2D eigenvalue weighted by Gasteiger charge is -2.10. The largest absolute Gasteiger partial charge is 0.478 e. The first-order valence-electron chi connectivity index (χ1n) is 6.64. The summed E-state index contributed by atoms with van der Waals surface area (Å²) in [7, 11) is 0. The molecule has 0 amide bonds. The molecule has 8 heteroatoms. The van der Waals surface area contributed by atoms with Gasteiger partial charge in [-0.1, -0.05) is 11.8 Å². The van der Waals surface area contributed by atoms with Gasteiger partial charge in [-0.25, -0.2) is 9.59 Å². The van der Waals surface area contributed by atoms with Gasteiger partial charge in [0.25, 0.3) is 0 Å². The van der Waals surface area contributed by atoms with Gasteiger partial charge in [0.2, 0.25) is 0 Å². The molecule has 0 bridgehead atoms. The molecule has 2 rings (SSSR count). The van der Waals surface area contributed by atoms with Crippen LogP contribution in [-0.2, 0) is 4.79 Å². The molecule has 0 saturated heterocycles. The maximum absolute atomic E-state index is 11.3. The molecular formula is C16H13NO6S. The van der Waals surface area contributed by atoms with Gasteiger partial charge in [-0.15, -0.1) is 0 Å². The lowest BCUT2D eigenvalue weighted by atomic mass is 10.1. The van der Waals surface area contributed by atoms with Crippen molar-refractivity contribution in [1.29, 1.82) is 0 Å². The van der Waals surface area contributed by atoms with Crippen molar-refractivity contribution in [3.05, 3.63) is 47.5 Å². The summed E-state index contributed by atoms with van der Waals surface area (Å²) in [4.78, 5) is 34.1. The fourth-order valence-electron chi connectivity index (χ4n) is 1.88. The van der Waals surface area contributed by atoms with E-state index in [1.165, 1.54) is 37.3 Å². The zero-order valence-electron chi connectivity index (χ0n) is 12.5. The molecule has 0 radical (unpaired) electrons. The number of ether oxygens (including phenoxy) is 1. The molecule has 0 atom stereocenters. The van der Waals surface area contributed by atoms with Gasteiger partial charge in [-0.05, 0) is 30.3 Å². The maximum Gasteiger partial charge on any atom is 0.336 e. The van der Waals surface area contributed by atoms with Gasteiger partial charge in [0.05, 0.1) is 11.1 Å². The zero-order chi connectivity index (χ0) is 17.9. The fourth-order valence-corrected chi connectivity index (χ4v) is 2.88. The van der Waals surface area contributed by atoms with Crippen molar-refractivity contribution in [1.82, 2.24) is 0 Å². The highest BCUT2D eigenvalue weighted by Gasteiger charge is 2.16. The Morgan fingerprint density at radius 2 is 1.71 bits per heavy atom. The van der Waals surface area contributed by atoms with E-state index in [2.05, 4.69) is 0 Å².